The van der Waals surface area contributed by atoms with E-state index >= 15 is 0 Å². The van der Waals surface area contributed by atoms with E-state index < -0.39 is 0 Å². The van der Waals surface area contributed by atoms with E-state index in [9.17, 15) is 0 Å². The third kappa shape index (κ3) is 3.74. The average molecular weight is 275 g/mol. The van der Waals surface area contributed by atoms with E-state index in [1.54, 1.807) is 0 Å². The molecule has 0 radical (unpaired) electrons. The van der Waals surface area contributed by atoms with Crippen molar-refractivity contribution >= 4 is 5.69 Å². The van der Waals surface area contributed by atoms with Crippen LogP contribution in [0.15, 0.2) is 24.3 Å². The molecule has 1 aliphatic rings. The van der Waals surface area contributed by atoms with Crippen molar-refractivity contribution in [2.75, 3.05) is 38.6 Å². The molecular weight excluding hydrogens is 246 g/mol. The molecule has 0 bridgehead atoms. The predicted molar refractivity (Wildman–Crippen MR) is 87.5 cm³/mol. The number of rotatable bonds is 5. The third-order valence-corrected chi connectivity index (χ3v) is 4.54. The summed E-state index contributed by atoms with van der Waals surface area (Å²) in [5.41, 5.74) is 8.68. The van der Waals surface area contributed by atoms with Crippen LogP contribution in [0.3, 0.4) is 0 Å². The summed E-state index contributed by atoms with van der Waals surface area (Å²) in [6, 6.07) is 9.51. The van der Waals surface area contributed by atoms with Crippen molar-refractivity contribution in [1.29, 1.82) is 0 Å². The van der Waals surface area contributed by atoms with Gasteiger partial charge in [-0.3, -0.25) is 0 Å². The molecule has 0 spiro atoms. The van der Waals surface area contributed by atoms with Gasteiger partial charge in [0.2, 0.25) is 0 Å². The van der Waals surface area contributed by atoms with E-state index in [0.29, 0.717) is 12.0 Å². The lowest BCUT2D eigenvalue weighted by Crippen LogP contribution is -2.41. The smallest absolute Gasteiger partial charge is 0.0363 e. The molecule has 1 saturated heterocycles. The van der Waals surface area contributed by atoms with Crippen molar-refractivity contribution in [2.24, 2.45) is 5.73 Å². The van der Waals surface area contributed by atoms with Crippen molar-refractivity contribution in [1.82, 2.24) is 4.90 Å². The summed E-state index contributed by atoms with van der Waals surface area (Å²) in [5.74, 6) is 0.440. The second-order valence-corrected chi connectivity index (χ2v) is 6.26. The van der Waals surface area contributed by atoms with Crippen LogP contribution in [-0.4, -0.2) is 44.7 Å². The monoisotopic (exact) mass is 275 g/mol. The molecular formula is C17H29N3. The van der Waals surface area contributed by atoms with Crippen LogP contribution in [0.2, 0.25) is 0 Å². The first-order chi connectivity index (χ1) is 9.61. The van der Waals surface area contributed by atoms with Crippen molar-refractivity contribution in [3.63, 3.8) is 0 Å². The van der Waals surface area contributed by atoms with Gasteiger partial charge >= 0.3 is 0 Å². The normalized spacial score (nSPS) is 21.7. The Morgan fingerprint density at radius 1 is 1.35 bits per heavy atom. The largest absolute Gasteiger partial charge is 0.378 e. The fourth-order valence-electron chi connectivity index (χ4n) is 3.08. The molecule has 2 unspecified atom stereocenters. The van der Waals surface area contributed by atoms with Gasteiger partial charge in [-0.05, 0) is 44.0 Å². The molecule has 2 atom stereocenters. The van der Waals surface area contributed by atoms with Crippen LogP contribution in [-0.2, 0) is 0 Å². The maximum atomic E-state index is 6.05. The molecule has 0 saturated carbocycles. The fraction of sp³-hybridized carbons (Fsp3) is 0.647. The molecule has 0 aliphatic carbocycles. The Morgan fingerprint density at radius 2 is 2.15 bits per heavy atom. The molecule has 1 heterocycles. The highest BCUT2D eigenvalue weighted by Gasteiger charge is 2.22. The number of anilines is 1. The van der Waals surface area contributed by atoms with Crippen molar-refractivity contribution in [3.05, 3.63) is 29.8 Å². The second-order valence-electron chi connectivity index (χ2n) is 6.26. The Kier molecular flexibility index (Phi) is 5.44. The standard InChI is InChI=1S/C17H29N3/c1-14-7-4-5-10-20(14)13-16(12-18)15-8-6-9-17(11-15)19(2)3/h6,8-9,11,14,16H,4-5,7,10,12-13,18H2,1-3H3. The van der Waals surface area contributed by atoms with Gasteiger partial charge in [0, 0.05) is 44.8 Å². The summed E-state index contributed by atoms with van der Waals surface area (Å²) >= 11 is 0. The molecule has 0 aromatic heterocycles. The maximum Gasteiger partial charge on any atom is 0.0363 e. The van der Waals surface area contributed by atoms with Gasteiger partial charge in [-0.1, -0.05) is 18.6 Å². The minimum absolute atomic E-state index is 0.440. The van der Waals surface area contributed by atoms with Gasteiger partial charge < -0.3 is 15.5 Å². The number of nitrogens with two attached hydrogens (primary N) is 1. The van der Waals surface area contributed by atoms with Crippen LogP contribution < -0.4 is 10.6 Å². The predicted octanol–water partition coefficient (Wildman–Crippen LogP) is 2.67. The lowest BCUT2D eigenvalue weighted by Gasteiger charge is -2.36. The second kappa shape index (κ2) is 7.09. The Hall–Kier alpha value is -1.06. The van der Waals surface area contributed by atoms with Gasteiger partial charge in [-0.2, -0.15) is 0 Å². The average Bonchev–Trinajstić information content (AvgIpc) is 2.46. The zero-order chi connectivity index (χ0) is 14.5. The van der Waals surface area contributed by atoms with Crippen LogP contribution in [0.25, 0.3) is 0 Å². The van der Waals surface area contributed by atoms with Crippen molar-refractivity contribution in [3.8, 4) is 0 Å². The van der Waals surface area contributed by atoms with Crippen molar-refractivity contribution < 1.29 is 0 Å². The number of benzene rings is 1. The van der Waals surface area contributed by atoms with Crippen LogP contribution in [0.5, 0.6) is 0 Å². The Bertz CT molecular complexity index is 416. The summed E-state index contributed by atoms with van der Waals surface area (Å²) in [6.45, 7) is 5.39. The van der Waals surface area contributed by atoms with Gasteiger partial charge in [0.15, 0.2) is 0 Å². The highest BCUT2D eigenvalue weighted by Crippen LogP contribution is 2.24. The molecule has 2 N–H and O–H groups in total. The summed E-state index contributed by atoms with van der Waals surface area (Å²) in [5, 5.41) is 0. The number of nitrogens with zero attached hydrogens (tertiary/aromatic N) is 2. The zero-order valence-electron chi connectivity index (χ0n) is 13.2. The van der Waals surface area contributed by atoms with Crippen LogP contribution >= 0.6 is 0 Å². The Morgan fingerprint density at radius 3 is 2.80 bits per heavy atom. The van der Waals surface area contributed by atoms with Gasteiger partial charge in [0.05, 0.1) is 0 Å². The van der Waals surface area contributed by atoms with E-state index in [0.717, 1.165) is 13.1 Å². The fourth-order valence-corrected chi connectivity index (χ4v) is 3.08. The number of hydrogen-bond donors (Lipinski definition) is 1. The summed E-state index contributed by atoms with van der Waals surface area (Å²) < 4.78 is 0. The quantitative estimate of drug-likeness (QED) is 0.896. The van der Waals surface area contributed by atoms with Gasteiger partial charge in [-0.25, -0.2) is 0 Å². The molecule has 112 valence electrons. The first-order valence-electron chi connectivity index (χ1n) is 7.83. The molecule has 0 amide bonds. The van der Waals surface area contributed by atoms with E-state index in [-0.39, 0.29) is 0 Å². The summed E-state index contributed by atoms with van der Waals surface area (Å²) in [7, 11) is 4.17. The van der Waals surface area contributed by atoms with Gasteiger partial charge in [-0.15, -0.1) is 0 Å². The van der Waals surface area contributed by atoms with Crippen LogP contribution in [0, 0.1) is 0 Å². The molecule has 3 heteroatoms. The topological polar surface area (TPSA) is 32.5 Å². The first kappa shape index (κ1) is 15.3. The molecule has 1 aromatic carbocycles. The van der Waals surface area contributed by atoms with Gasteiger partial charge in [0.25, 0.3) is 0 Å². The summed E-state index contributed by atoms with van der Waals surface area (Å²) in [6.07, 6.45) is 4.04. The number of hydrogen-bond acceptors (Lipinski definition) is 3. The lowest BCUT2D eigenvalue weighted by atomic mass is 9.95. The molecule has 1 fully saturated rings. The van der Waals surface area contributed by atoms with E-state index in [1.807, 2.05) is 0 Å². The zero-order valence-corrected chi connectivity index (χ0v) is 13.2. The number of piperidine rings is 1. The highest BCUT2D eigenvalue weighted by molar-refractivity contribution is 5.48. The third-order valence-electron chi connectivity index (χ3n) is 4.54. The maximum absolute atomic E-state index is 6.05. The molecule has 1 aliphatic heterocycles. The minimum atomic E-state index is 0.440. The summed E-state index contributed by atoms with van der Waals surface area (Å²) in [4.78, 5) is 4.77. The van der Waals surface area contributed by atoms with Gasteiger partial charge in [0.1, 0.15) is 0 Å². The SMILES string of the molecule is CC1CCCCN1CC(CN)c1cccc(N(C)C)c1. The van der Waals surface area contributed by atoms with E-state index in [4.69, 9.17) is 5.73 Å². The molecule has 1 aromatic rings. The molecule has 2 rings (SSSR count). The Labute approximate surface area is 123 Å². The highest BCUT2D eigenvalue weighted by atomic mass is 15.2. The minimum Gasteiger partial charge on any atom is -0.378 e. The van der Waals surface area contributed by atoms with Crippen LogP contribution in [0.1, 0.15) is 37.7 Å². The molecule has 20 heavy (non-hydrogen) atoms. The van der Waals surface area contributed by atoms with E-state index in [2.05, 4.69) is 55.1 Å². The van der Waals surface area contributed by atoms with Crippen molar-refractivity contribution in [2.45, 2.75) is 38.1 Å². The van der Waals surface area contributed by atoms with E-state index in [1.165, 1.54) is 37.1 Å². The first-order valence-corrected chi connectivity index (χ1v) is 7.83. The Balaban J connectivity index is 2.09. The van der Waals surface area contributed by atoms with Crippen LogP contribution in [0.4, 0.5) is 5.69 Å². The lowest BCUT2D eigenvalue weighted by molar-refractivity contribution is 0.152. The number of likely N-dealkylation sites (tertiary alicyclic amines) is 1. The molecule has 3 nitrogen and oxygen atoms in total.